The molecule has 1 aliphatic rings. The van der Waals surface area contributed by atoms with Gasteiger partial charge in [0.1, 0.15) is 6.04 Å². The van der Waals surface area contributed by atoms with Crippen molar-refractivity contribution in [3.63, 3.8) is 0 Å². The highest BCUT2D eigenvalue weighted by molar-refractivity contribution is 6.01. The molecule has 0 saturated carbocycles. The van der Waals surface area contributed by atoms with Gasteiger partial charge in [0.25, 0.3) is 5.91 Å². The highest BCUT2D eigenvalue weighted by Crippen LogP contribution is 2.21. The Hall–Kier alpha value is -4.25. The average Bonchev–Trinajstić information content (AvgIpc) is 2.92. The monoisotopic (exact) mass is 413 g/mol. The van der Waals surface area contributed by atoms with E-state index < -0.39 is 17.4 Å². The van der Waals surface area contributed by atoms with E-state index in [1.807, 2.05) is 30.3 Å². The summed E-state index contributed by atoms with van der Waals surface area (Å²) in [5.74, 6) is -1.05. The van der Waals surface area contributed by atoms with Crippen molar-refractivity contribution in [2.75, 3.05) is 5.32 Å². The van der Waals surface area contributed by atoms with Gasteiger partial charge in [-0.1, -0.05) is 18.2 Å². The van der Waals surface area contributed by atoms with E-state index in [2.05, 4.69) is 15.7 Å². The summed E-state index contributed by atoms with van der Waals surface area (Å²) >= 11 is 0. The fourth-order valence-corrected chi connectivity index (χ4v) is 3.52. The quantitative estimate of drug-likeness (QED) is 0.682. The SMILES string of the molecule is Cc1cc(=O)c(C(=O)NC2CCc3ccccc3NC2=O)nn1-c1ccc(C#N)cc1. The molecule has 0 radical (unpaired) electrons. The van der Waals surface area contributed by atoms with Crippen LogP contribution in [0.2, 0.25) is 0 Å². The molecule has 0 spiro atoms. The minimum Gasteiger partial charge on any atom is -0.339 e. The number of benzene rings is 2. The van der Waals surface area contributed by atoms with Gasteiger partial charge in [-0.3, -0.25) is 14.4 Å². The summed E-state index contributed by atoms with van der Waals surface area (Å²) in [6, 6.07) is 16.7. The van der Waals surface area contributed by atoms with Gasteiger partial charge in [-0.2, -0.15) is 10.4 Å². The number of carbonyl (C=O) groups is 2. The molecule has 1 unspecified atom stereocenters. The van der Waals surface area contributed by atoms with Gasteiger partial charge in [0.2, 0.25) is 11.3 Å². The number of aromatic nitrogens is 2. The van der Waals surface area contributed by atoms with Gasteiger partial charge in [-0.25, -0.2) is 4.68 Å². The van der Waals surface area contributed by atoms with Crippen molar-refractivity contribution in [1.29, 1.82) is 5.26 Å². The van der Waals surface area contributed by atoms with Crippen molar-refractivity contribution in [2.24, 2.45) is 0 Å². The second-order valence-corrected chi connectivity index (χ2v) is 7.28. The number of hydrogen-bond donors (Lipinski definition) is 2. The first kappa shape index (κ1) is 20.0. The van der Waals surface area contributed by atoms with Crippen LogP contribution in [0.5, 0.6) is 0 Å². The molecule has 2 aromatic carbocycles. The lowest BCUT2D eigenvalue weighted by molar-refractivity contribution is -0.118. The number of anilines is 1. The third-order valence-electron chi connectivity index (χ3n) is 5.16. The summed E-state index contributed by atoms with van der Waals surface area (Å²) < 4.78 is 1.46. The molecule has 2 N–H and O–H groups in total. The van der Waals surface area contributed by atoms with Gasteiger partial charge in [0, 0.05) is 17.4 Å². The first-order valence-electron chi connectivity index (χ1n) is 9.77. The standard InChI is InChI=1S/C23H19N5O3/c1-14-12-20(29)21(27-28(14)17-9-6-15(13-24)7-10-17)23(31)26-19-11-8-16-4-2-3-5-18(16)25-22(19)30/h2-7,9-10,12,19H,8,11H2,1H3,(H,25,30)(H,26,31). The fourth-order valence-electron chi connectivity index (χ4n) is 3.52. The number of hydrogen-bond acceptors (Lipinski definition) is 5. The van der Waals surface area contributed by atoms with Crippen LogP contribution in [0.3, 0.4) is 0 Å². The predicted molar refractivity (Wildman–Crippen MR) is 114 cm³/mol. The lowest BCUT2D eigenvalue weighted by Crippen LogP contribution is -2.45. The van der Waals surface area contributed by atoms with Crippen LogP contribution in [0, 0.1) is 18.3 Å². The normalized spacial score (nSPS) is 15.2. The van der Waals surface area contributed by atoms with Crippen LogP contribution in [0.25, 0.3) is 5.69 Å². The van der Waals surface area contributed by atoms with Crippen molar-refractivity contribution in [1.82, 2.24) is 15.1 Å². The molecular weight excluding hydrogens is 394 g/mol. The number of nitriles is 1. The first-order chi connectivity index (χ1) is 15.0. The molecule has 0 aliphatic carbocycles. The van der Waals surface area contributed by atoms with Gasteiger partial charge in [-0.05, 0) is 55.7 Å². The van der Waals surface area contributed by atoms with Crippen LogP contribution in [-0.4, -0.2) is 27.6 Å². The maximum Gasteiger partial charge on any atom is 0.276 e. The topological polar surface area (TPSA) is 117 Å². The number of rotatable bonds is 3. The smallest absolute Gasteiger partial charge is 0.276 e. The van der Waals surface area contributed by atoms with Crippen molar-refractivity contribution in [3.8, 4) is 11.8 Å². The van der Waals surface area contributed by atoms with Gasteiger partial charge < -0.3 is 10.6 Å². The Morgan fingerprint density at radius 3 is 2.68 bits per heavy atom. The zero-order valence-corrected chi connectivity index (χ0v) is 16.8. The molecule has 8 heteroatoms. The molecule has 2 heterocycles. The molecular formula is C23H19N5O3. The van der Waals surface area contributed by atoms with E-state index in [0.717, 1.165) is 11.3 Å². The fraction of sp³-hybridized carbons (Fsp3) is 0.174. The van der Waals surface area contributed by atoms with Crippen LogP contribution >= 0.6 is 0 Å². The number of carbonyl (C=O) groups excluding carboxylic acids is 2. The maximum atomic E-state index is 12.8. The highest BCUT2D eigenvalue weighted by atomic mass is 16.2. The van der Waals surface area contributed by atoms with Crippen LogP contribution in [0.1, 0.15) is 33.7 Å². The minimum atomic E-state index is -0.786. The molecule has 2 amide bonds. The first-order valence-corrected chi connectivity index (χ1v) is 9.77. The predicted octanol–water partition coefficient (Wildman–Crippen LogP) is 2.10. The lowest BCUT2D eigenvalue weighted by Gasteiger charge is -2.16. The molecule has 8 nitrogen and oxygen atoms in total. The summed E-state index contributed by atoms with van der Waals surface area (Å²) in [6.45, 7) is 1.70. The third kappa shape index (κ3) is 4.07. The Balaban J connectivity index is 1.59. The molecule has 1 atom stereocenters. The van der Waals surface area contributed by atoms with E-state index in [4.69, 9.17) is 5.26 Å². The van der Waals surface area contributed by atoms with Crippen LogP contribution < -0.4 is 16.1 Å². The van der Waals surface area contributed by atoms with Crippen LogP contribution in [0.4, 0.5) is 5.69 Å². The molecule has 1 aromatic heterocycles. The Labute approximate surface area is 178 Å². The largest absolute Gasteiger partial charge is 0.339 e. The average molecular weight is 413 g/mol. The number of nitrogens with zero attached hydrogens (tertiary/aromatic N) is 3. The number of amides is 2. The van der Waals surface area contributed by atoms with Crippen molar-refractivity contribution in [2.45, 2.75) is 25.8 Å². The van der Waals surface area contributed by atoms with E-state index in [1.165, 1.54) is 10.7 Å². The summed E-state index contributed by atoms with van der Waals surface area (Å²) in [7, 11) is 0. The summed E-state index contributed by atoms with van der Waals surface area (Å²) in [6.07, 6.45) is 1.01. The number of fused-ring (bicyclic) bond motifs is 1. The van der Waals surface area contributed by atoms with E-state index in [1.54, 1.807) is 31.2 Å². The maximum absolute atomic E-state index is 12.8. The van der Waals surface area contributed by atoms with Gasteiger partial charge in [0.05, 0.1) is 17.3 Å². The molecule has 1 aliphatic heterocycles. The molecule has 0 fully saturated rings. The summed E-state index contributed by atoms with van der Waals surface area (Å²) in [5, 5.41) is 18.7. The van der Waals surface area contributed by atoms with E-state index in [9.17, 15) is 14.4 Å². The molecule has 0 saturated heterocycles. The third-order valence-corrected chi connectivity index (χ3v) is 5.16. The number of nitrogens with one attached hydrogen (secondary N) is 2. The van der Waals surface area contributed by atoms with Crippen molar-refractivity contribution < 1.29 is 9.59 Å². The molecule has 0 bridgehead atoms. The van der Waals surface area contributed by atoms with Crippen LogP contribution in [-0.2, 0) is 11.2 Å². The molecule has 154 valence electrons. The minimum absolute atomic E-state index is 0.301. The zero-order chi connectivity index (χ0) is 22.0. The van der Waals surface area contributed by atoms with Crippen LogP contribution in [0.15, 0.2) is 59.4 Å². The Morgan fingerprint density at radius 2 is 1.94 bits per heavy atom. The summed E-state index contributed by atoms with van der Waals surface area (Å²) in [5.41, 5.74) is 2.51. The number of aryl methyl sites for hydroxylation is 2. The zero-order valence-electron chi connectivity index (χ0n) is 16.8. The molecule has 4 rings (SSSR count). The van der Waals surface area contributed by atoms with E-state index in [0.29, 0.717) is 29.8 Å². The highest BCUT2D eigenvalue weighted by Gasteiger charge is 2.27. The Morgan fingerprint density at radius 1 is 1.19 bits per heavy atom. The summed E-state index contributed by atoms with van der Waals surface area (Å²) in [4.78, 5) is 37.9. The molecule has 31 heavy (non-hydrogen) atoms. The Kier molecular flexibility index (Phi) is 5.33. The van der Waals surface area contributed by atoms with Gasteiger partial charge in [-0.15, -0.1) is 0 Å². The van der Waals surface area contributed by atoms with Crippen molar-refractivity contribution in [3.05, 3.63) is 87.3 Å². The van der Waals surface area contributed by atoms with Gasteiger partial charge >= 0.3 is 0 Å². The van der Waals surface area contributed by atoms with Gasteiger partial charge in [0.15, 0.2) is 5.69 Å². The molecule has 3 aromatic rings. The van der Waals surface area contributed by atoms with E-state index in [-0.39, 0.29) is 11.6 Å². The Bertz CT molecular complexity index is 1270. The second kappa shape index (κ2) is 8.24. The lowest BCUT2D eigenvalue weighted by atomic mass is 10.1. The number of para-hydroxylation sites is 1. The second-order valence-electron chi connectivity index (χ2n) is 7.28. The van der Waals surface area contributed by atoms with Crippen molar-refractivity contribution >= 4 is 17.5 Å². The van der Waals surface area contributed by atoms with E-state index >= 15 is 0 Å².